The molecule has 0 aromatic heterocycles. The molecule has 0 saturated carbocycles. The van der Waals surface area contributed by atoms with Gasteiger partial charge in [-0.15, -0.1) is 0 Å². The Labute approximate surface area is 190 Å². The number of nitrogens with zero attached hydrogens (tertiary/aromatic N) is 1. The first-order valence-electron chi connectivity index (χ1n) is 10.9. The minimum Gasteiger partial charge on any atom is -0.497 e. The van der Waals surface area contributed by atoms with Gasteiger partial charge in [0.15, 0.2) is 0 Å². The van der Waals surface area contributed by atoms with Crippen LogP contribution in [-0.2, 0) is 14.8 Å². The second kappa shape index (κ2) is 10.4. The number of piperidine rings is 1. The number of amides is 1. The summed E-state index contributed by atoms with van der Waals surface area (Å²) < 4.78 is 38.0. The molecule has 2 atom stereocenters. The van der Waals surface area contributed by atoms with E-state index in [2.05, 4.69) is 5.32 Å². The number of benzene rings is 2. The van der Waals surface area contributed by atoms with Gasteiger partial charge in [-0.2, -0.15) is 4.31 Å². The fraction of sp³-hybridized carbons (Fsp3) is 0.458. The second-order valence-corrected chi connectivity index (χ2v) is 10.0. The first kappa shape index (κ1) is 24.1. The SMILES string of the molecule is CC[C@H](NC(=O)[C@@H]1CCCN(S(=O)(=O)c2ccc(OC)cc2)C1)c1ccc(OC)c(C)c1. The molecule has 0 bridgehead atoms. The largest absolute Gasteiger partial charge is 0.497 e. The number of sulfonamides is 1. The monoisotopic (exact) mass is 460 g/mol. The van der Waals surface area contributed by atoms with Gasteiger partial charge in [0.05, 0.1) is 31.1 Å². The summed E-state index contributed by atoms with van der Waals surface area (Å²) in [5, 5.41) is 3.13. The Morgan fingerprint density at radius 1 is 1.16 bits per heavy atom. The number of carbonyl (C=O) groups excluding carboxylic acids is 1. The molecule has 1 N–H and O–H groups in total. The first-order chi connectivity index (χ1) is 15.3. The number of aryl methyl sites for hydroxylation is 1. The molecule has 0 aliphatic carbocycles. The fourth-order valence-corrected chi connectivity index (χ4v) is 5.62. The van der Waals surface area contributed by atoms with Crippen molar-refractivity contribution in [1.29, 1.82) is 0 Å². The van der Waals surface area contributed by atoms with E-state index in [0.29, 0.717) is 25.1 Å². The first-order valence-corrected chi connectivity index (χ1v) is 12.3. The maximum absolute atomic E-state index is 13.1. The summed E-state index contributed by atoms with van der Waals surface area (Å²) in [6.45, 7) is 4.58. The molecular weight excluding hydrogens is 428 g/mol. The second-order valence-electron chi connectivity index (χ2n) is 8.08. The van der Waals surface area contributed by atoms with Gasteiger partial charge in [-0.05, 0) is 67.6 Å². The van der Waals surface area contributed by atoms with E-state index < -0.39 is 10.0 Å². The van der Waals surface area contributed by atoms with Gasteiger partial charge in [0.1, 0.15) is 11.5 Å². The predicted molar refractivity (Wildman–Crippen MR) is 123 cm³/mol. The molecule has 1 saturated heterocycles. The van der Waals surface area contributed by atoms with Gasteiger partial charge < -0.3 is 14.8 Å². The van der Waals surface area contributed by atoms with Gasteiger partial charge in [0.2, 0.25) is 15.9 Å². The van der Waals surface area contributed by atoms with Crippen LogP contribution in [0.3, 0.4) is 0 Å². The number of hydrogen-bond donors (Lipinski definition) is 1. The van der Waals surface area contributed by atoms with E-state index >= 15 is 0 Å². The standard InChI is InChI=1S/C24H32N2O5S/c1-5-22(18-8-13-23(31-4)17(2)15-18)25-24(27)19-7-6-14-26(16-19)32(28,29)21-11-9-20(30-3)10-12-21/h8-13,15,19,22H,5-7,14,16H2,1-4H3,(H,25,27)/t19-,22+/m1/s1. The lowest BCUT2D eigenvalue weighted by atomic mass is 9.96. The van der Waals surface area contributed by atoms with E-state index in [1.807, 2.05) is 32.0 Å². The zero-order valence-corrected chi connectivity index (χ0v) is 19.9. The molecule has 3 rings (SSSR count). The lowest BCUT2D eigenvalue weighted by molar-refractivity contribution is -0.126. The zero-order chi connectivity index (χ0) is 23.3. The highest BCUT2D eigenvalue weighted by atomic mass is 32.2. The highest BCUT2D eigenvalue weighted by Gasteiger charge is 2.34. The van der Waals surface area contributed by atoms with E-state index in [-0.39, 0.29) is 29.3 Å². The lowest BCUT2D eigenvalue weighted by Crippen LogP contribution is -2.46. The molecule has 174 valence electrons. The van der Waals surface area contributed by atoms with E-state index in [4.69, 9.17) is 9.47 Å². The van der Waals surface area contributed by atoms with E-state index in [1.54, 1.807) is 19.2 Å². The minimum absolute atomic E-state index is 0.111. The summed E-state index contributed by atoms with van der Waals surface area (Å²) in [6.07, 6.45) is 2.04. The smallest absolute Gasteiger partial charge is 0.243 e. The Balaban J connectivity index is 1.70. The molecule has 0 radical (unpaired) electrons. The van der Waals surface area contributed by atoms with E-state index in [0.717, 1.165) is 23.3 Å². The van der Waals surface area contributed by atoms with Gasteiger partial charge in [-0.3, -0.25) is 4.79 Å². The fourth-order valence-electron chi connectivity index (χ4n) is 4.10. The number of methoxy groups -OCH3 is 2. The van der Waals surface area contributed by atoms with Crippen LogP contribution in [0.4, 0.5) is 0 Å². The van der Waals surface area contributed by atoms with Crippen molar-refractivity contribution in [3.05, 3.63) is 53.6 Å². The van der Waals surface area contributed by atoms with Crippen LogP contribution in [0, 0.1) is 12.8 Å². The number of hydrogen-bond acceptors (Lipinski definition) is 5. The van der Waals surface area contributed by atoms with Gasteiger partial charge in [0, 0.05) is 13.1 Å². The molecule has 0 spiro atoms. The summed E-state index contributed by atoms with van der Waals surface area (Å²) in [6, 6.07) is 12.1. The van der Waals surface area contributed by atoms with E-state index in [9.17, 15) is 13.2 Å². The maximum atomic E-state index is 13.1. The van der Waals surface area contributed by atoms with Crippen LogP contribution in [0.15, 0.2) is 47.4 Å². The van der Waals surface area contributed by atoms with Crippen LogP contribution in [0.2, 0.25) is 0 Å². The third kappa shape index (κ3) is 5.24. The van der Waals surface area contributed by atoms with Gasteiger partial charge in [0.25, 0.3) is 0 Å². The summed E-state index contributed by atoms with van der Waals surface area (Å²) in [5.74, 6) is 0.908. The predicted octanol–water partition coefficient (Wildman–Crippen LogP) is 3.68. The number of ether oxygens (including phenoxy) is 2. The molecule has 2 aromatic carbocycles. The van der Waals surface area contributed by atoms with Crippen molar-refractivity contribution in [2.75, 3.05) is 27.3 Å². The summed E-state index contributed by atoms with van der Waals surface area (Å²) in [5.41, 5.74) is 2.02. The third-order valence-corrected chi connectivity index (χ3v) is 7.88. The van der Waals surface area contributed by atoms with Crippen LogP contribution in [0.25, 0.3) is 0 Å². The lowest BCUT2D eigenvalue weighted by Gasteiger charge is -2.32. The Kier molecular flexibility index (Phi) is 7.79. The Morgan fingerprint density at radius 3 is 2.47 bits per heavy atom. The van der Waals surface area contributed by atoms with Crippen molar-refractivity contribution in [2.24, 2.45) is 5.92 Å². The summed E-state index contributed by atoms with van der Waals surface area (Å²) >= 11 is 0. The van der Waals surface area contributed by atoms with Crippen molar-refractivity contribution in [3.63, 3.8) is 0 Å². The van der Waals surface area contributed by atoms with Gasteiger partial charge in [-0.25, -0.2) is 8.42 Å². The van der Waals surface area contributed by atoms with Crippen molar-refractivity contribution in [2.45, 2.75) is 44.0 Å². The van der Waals surface area contributed by atoms with Crippen LogP contribution in [0.1, 0.15) is 43.4 Å². The highest BCUT2D eigenvalue weighted by molar-refractivity contribution is 7.89. The summed E-state index contributed by atoms with van der Waals surface area (Å²) in [4.78, 5) is 13.3. The average Bonchev–Trinajstić information content (AvgIpc) is 2.82. The molecule has 7 nitrogen and oxygen atoms in total. The molecule has 2 aromatic rings. The molecule has 1 aliphatic heterocycles. The molecule has 1 fully saturated rings. The van der Waals surface area contributed by atoms with E-state index in [1.165, 1.54) is 23.5 Å². The van der Waals surface area contributed by atoms with Crippen molar-refractivity contribution in [3.8, 4) is 11.5 Å². The highest BCUT2D eigenvalue weighted by Crippen LogP contribution is 2.28. The zero-order valence-electron chi connectivity index (χ0n) is 19.1. The van der Waals surface area contributed by atoms with Crippen LogP contribution < -0.4 is 14.8 Å². The molecule has 32 heavy (non-hydrogen) atoms. The van der Waals surface area contributed by atoms with Crippen molar-refractivity contribution in [1.82, 2.24) is 9.62 Å². The van der Waals surface area contributed by atoms with Crippen molar-refractivity contribution < 1.29 is 22.7 Å². The third-order valence-electron chi connectivity index (χ3n) is 6.00. The van der Waals surface area contributed by atoms with Crippen molar-refractivity contribution >= 4 is 15.9 Å². The molecule has 8 heteroatoms. The molecule has 0 unspecified atom stereocenters. The molecule has 1 heterocycles. The number of nitrogens with one attached hydrogen (secondary N) is 1. The van der Waals surface area contributed by atoms with Gasteiger partial charge in [-0.1, -0.05) is 19.1 Å². The molecule has 1 amide bonds. The molecular formula is C24H32N2O5S. The van der Waals surface area contributed by atoms with Crippen LogP contribution >= 0.6 is 0 Å². The minimum atomic E-state index is -3.67. The van der Waals surface area contributed by atoms with Gasteiger partial charge >= 0.3 is 0 Å². The molecule has 1 aliphatic rings. The normalized spacial score (nSPS) is 18.1. The Hall–Kier alpha value is -2.58. The summed E-state index contributed by atoms with van der Waals surface area (Å²) in [7, 11) is -0.498. The maximum Gasteiger partial charge on any atom is 0.243 e. The average molecular weight is 461 g/mol. The number of carbonyl (C=O) groups is 1. The quantitative estimate of drug-likeness (QED) is 0.650. The Bertz CT molecular complexity index is 1040. The topological polar surface area (TPSA) is 84.9 Å². The van der Waals surface area contributed by atoms with Crippen LogP contribution in [-0.4, -0.2) is 45.9 Å². The number of rotatable bonds is 8. The van der Waals surface area contributed by atoms with Crippen LogP contribution in [0.5, 0.6) is 11.5 Å². The Morgan fingerprint density at radius 2 is 1.88 bits per heavy atom.